The fraction of sp³-hybridized carbons (Fsp3) is 0.562. The molecule has 0 unspecified atom stereocenters. The van der Waals surface area contributed by atoms with Gasteiger partial charge < -0.3 is 15.4 Å². The highest BCUT2D eigenvalue weighted by molar-refractivity contribution is 6.42. The van der Waals surface area contributed by atoms with Crippen molar-refractivity contribution in [3.8, 4) is 0 Å². The van der Waals surface area contributed by atoms with Gasteiger partial charge in [-0.1, -0.05) is 36.2 Å². The summed E-state index contributed by atoms with van der Waals surface area (Å²) >= 11 is 12.1. The summed E-state index contributed by atoms with van der Waals surface area (Å²) in [4.78, 5) is 11.7. The summed E-state index contributed by atoms with van der Waals surface area (Å²) in [5, 5.41) is 7.39. The number of hydrogen-bond acceptors (Lipinski definition) is 3. The Kier molecular flexibility index (Phi) is 9.25. The van der Waals surface area contributed by atoms with Gasteiger partial charge in [0.2, 0.25) is 5.91 Å². The van der Waals surface area contributed by atoms with E-state index in [0.717, 1.165) is 25.1 Å². The Balaban J connectivity index is 0.00000264. The molecule has 1 fully saturated rings. The van der Waals surface area contributed by atoms with E-state index in [9.17, 15) is 4.79 Å². The zero-order valence-corrected chi connectivity index (χ0v) is 15.4. The highest BCUT2D eigenvalue weighted by atomic mass is 35.5. The molecule has 0 aliphatic carbocycles. The minimum absolute atomic E-state index is 0. The van der Waals surface area contributed by atoms with Crippen LogP contribution >= 0.6 is 35.6 Å². The van der Waals surface area contributed by atoms with Gasteiger partial charge in [0.05, 0.1) is 22.8 Å². The summed E-state index contributed by atoms with van der Waals surface area (Å²) in [7, 11) is 0. The van der Waals surface area contributed by atoms with Gasteiger partial charge in [-0.15, -0.1) is 12.4 Å². The zero-order valence-electron chi connectivity index (χ0n) is 13.1. The molecule has 1 heterocycles. The third-order valence-corrected chi connectivity index (χ3v) is 4.46. The fourth-order valence-electron chi connectivity index (χ4n) is 2.59. The lowest BCUT2D eigenvalue weighted by atomic mass is 9.95. The lowest BCUT2D eigenvalue weighted by molar-refractivity contribution is -0.121. The van der Waals surface area contributed by atoms with Crippen molar-refractivity contribution in [3.05, 3.63) is 33.8 Å². The highest BCUT2D eigenvalue weighted by Gasteiger charge is 2.26. The van der Waals surface area contributed by atoms with Gasteiger partial charge >= 0.3 is 0 Å². The van der Waals surface area contributed by atoms with Crippen LogP contribution < -0.4 is 10.6 Å². The summed E-state index contributed by atoms with van der Waals surface area (Å²) in [5.74, 6) is 0.236. The van der Waals surface area contributed by atoms with Crippen molar-refractivity contribution in [2.24, 2.45) is 5.92 Å². The number of nitrogens with one attached hydrogen (secondary N) is 2. The second-order valence-electron chi connectivity index (χ2n) is 5.48. The van der Waals surface area contributed by atoms with Crippen molar-refractivity contribution in [1.29, 1.82) is 0 Å². The summed E-state index contributed by atoms with van der Waals surface area (Å²) in [6, 6.07) is 5.57. The van der Waals surface area contributed by atoms with Crippen molar-refractivity contribution < 1.29 is 9.53 Å². The zero-order chi connectivity index (χ0) is 15.9. The number of benzene rings is 1. The van der Waals surface area contributed by atoms with Crippen molar-refractivity contribution in [3.63, 3.8) is 0 Å². The molecule has 1 aliphatic heterocycles. The van der Waals surface area contributed by atoms with Crippen LogP contribution in [0.5, 0.6) is 0 Å². The van der Waals surface area contributed by atoms with E-state index in [-0.39, 0.29) is 30.3 Å². The monoisotopic (exact) mass is 380 g/mol. The van der Waals surface area contributed by atoms with Gasteiger partial charge in [-0.3, -0.25) is 4.79 Å². The molecule has 1 aliphatic rings. The third-order valence-electron chi connectivity index (χ3n) is 3.72. The van der Waals surface area contributed by atoms with Gasteiger partial charge in [-0.05, 0) is 24.1 Å². The lowest BCUT2D eigenvalue weighted by Crippen LogP contribution is -2.36. The smallest absolute Gasteiger partial charge is 0.219 e. The first-order chi connectivity index (χ1) is 10.6. The number of carbonyl (C=O) groups excluding carboxylic acids is 1. The molecule has 4 nitrogen and oxygen atoms in total. The molecule has 2 N–H and O–H groups in total. The molecule has 0 aromatic heterocycles. The molecular formula is C16H23Cl3N2O2. The Morgan fingerprint density at radius 2 is 2.17 bits per heavy atom. The number of carbonyl (C=O) groups is 1. The Morgan fingerprint density at radius 3 is 2.87 bits per heavy atom. The minimum Gasteiger partial charge on any atom is -0.372 e. The average Bonchev–Trinajstić information content (AvgIpc) is 2.74. The second kappa shape index (κ2) is 10.4. The van der Waals surface area contributed by atoms with E-state index in [0.29, 0.717) is 29.6 Å². The molecule has 2 rings (SSSR count). The summed E-state index contributed by atoms with van der Waals surface area (Å²) in [5.41, 5.74) is 0.993. The van der Waals surface area contributed by atoms with Crippen LogP contribution in [0, 0.1) is 5.92 Å². The minimum atomic E-state index is -0.105. The maximum Gasteiger partial charge on any atom is 0.219 e. The molecule has 0 radical (unpaired) electrons. The van der Waals surface area contributed by atoms with Gasteiger partial charge in [-0.2, -0.15) is 0 Å². The maximum atomic E-state index is 11.7. The molecule has 0 saturated carbocycles. The van der Waals surface area contributed by atoms with Crippen molar-refractivity contribution >= 4 is 41.5 Å². The van der Waals surface area contributed by atoms with Crippen LogP contribution in [-0.2, 0) is 9.53 Å². The van der Waals surface area contributed by atoms with E-state index >= 15 is 0 Å². The first-order valence-electron chi connectivity index (χ1n) is 7.65. The maximum absolute atomic E-state index is 11.7. The predicted octanol–water partition coefficient (Wildman–Crippen LogP) is 3.61. The van der Waals surface area contributed by atoms with Gasteiger partial charge in [-0.25, -0.2) is 0 Å². The number of ether oxygens (including phenoxy) is 1. The molecule has 130 valence electrons. The van der Waals surface area contributed by atoms with Crippen LogP contribution in [0.3, 0.4) is 0 Å². The highest BCUT2D eigenvalue weighted by Crippen LogP contribution is 2.31. The Morgan fingerprint density at radius 1 is 1.39 bits per heavy atom. The predicted molar refractivity (Wildman–Crippen MR) is 96.7 cm³/mol. The van der Waals surface area contributed by atoms with Gasteiger partial charge in [0.15, 0.2) is 0 Å². The molecule has 1 saturated heterocycles. The second-order valence-corrected chi connectivity index (χ2v) is 6.30. The Bertz CT molecular complexity index is 514. The number of amides is 1. The molecule has 1 aromatic rings. The number of hydrogen-bond donors (Lipinski definition) is 2. The molecule has 23 heavy (non-hydrogen) atoms. The first-order valence-corrected chi connectivity index (χ1v) is 8.41. The summed E-state index contributed by atoms with van der Waals surface area (Å²) in [6.07, 6.45) is 1.30. The first kappa shape index (κ1) is 20.5. The molecule has 0 bridgehead atoms. The van der Waals surface area contributed by atoms with Gasteiger partial charge in [0.25, 0.3) is 0 Å². The van der Waals surface area contributed by atoms with Crippen molar-refractivity contribution in [2.45, 2.75) is 25.9 Å². The van der Waals surface area contributed by atoms with E-state index < -0.39 is 0 Å². The fourth-order valence-corrected chi connectivity index (χ4v) is 2.89. The standard InChI is InChI=1S/C16H22Cl2N2O2.ClH/c1-2-3-15(21)20-10-12-9-19-6-7-22-16(12)11-4-5-13(17)14(18)8-11;/h4-5,8,12,16,19H,2-3,6-7,9-10H2,1H3,(H,20,21);1H/t12-,16-;/m0./s1. The summed E-state index contributed by atoms with van der Waals surface area (Å²) in [6.45, 7) is 4.80. The van der Waals surface area contributed by atoms with E-state index in [2.05, 4.69) is 10.6 Å². The van der Waals surface area contributed by atoms with Crippen LogP contribution in [-0.4, -0.2) is 32.1 Å². The average molecular weight is 382 g/mol. The van der Waals surface area contributed by atoms with E-state index in [4.69, 9.17) is 27.9 Å². The molecule has 7 heteroatoms. The topological polar surface area (TPSA) is 50.4 Å². The van der Waals surface area contributed by atoms with Crippen molar-refractivity contribution in [2.75, 3.05) is 26.2 Å². The largest absolute Gasteiger partial charge is 0.372 e. The normalized spacial score (nSPS) is 21.2. The number of rotatable bonds is 5. The van der Waals surface area contributed by atoms with Crippen LogP contribution in [0.15, 0.2) is 18.2 Å². The van der Waals surface area contributed by atoms with E-state index in [1.54, 1.807) is 6.07 Å². The molecule has 1 aromatic carbocycles. The van der Waals surface area contributed by atoms with E-state index in [1.807, 2.05) is 19.1 Å². The van der Waals surface area contributed by atoms with Gasteiger partial charge in [0.1, 0.15) is 0 Å². The number of halogens is 3. The molecule has 1 amide bonds. The third kappa shape index (κ3) is 6.12. The van der Waals surface area contributed by atoms with Crippen LogP contribution in [0.1, 0.15) is 31.4 Å². The molecule has 0 spiro atoms. The SMILES string of the molecule is CCCC(=O)NC[C@@H]1CNCCO[C@H]1c1ccc(Cl)c(Cl)c1.Cl. The lowest BCUT2D eigenvalue weighted by Gasteiger charge is -2.25. The van der Waals surface area contributed by atoms with Gasteiger partial charge in [0, 0.05) is 32.0 Å². The van der Waals surface area contributed by atoms with E-state index in [1.165, 1.54) is 0 Å². The van der Waals surface area contributed by atoms with Crippen molar-refractivity contribution in [1.82, 2.24) is 10.6 Å². The van der Waals surface area contributed by atoms with Crippen LogP contribution in [0.2, 0.25) is 10.0 Å². The molecule has 2 atom stereocenters. The van der Waals surface area contributed by atoms with Crippen LogP contribution in [0.4, 0.5) is 0 Å². The Labute approximate surface area is 153 Å². The Hall–Kier alpha value is -0.520. The quantitative estimate of drug-likeness (QED) is 0.819. The molecular weight excluding hydrogens is 359 g/mol. The van der Waals surface area contributed by atoms with Crippen LogP contribution in [0.25, 0.3) is 0 Å². The summed E-state index contributed by atoms with van der Waals surface area (Å²) < 4.78 is 5.97.